The predicted octanol–water partition coefficient (Wildman–Crippen LogP) is 5.14. The molecule has 0 saturated carbocycles. The number of rotatable bonds is 9. The predicted molar refractivity (Wildman–Crippen MR) is 147 cm³/mol. The maximum absolute atomic E-state index is 12.6. The van der Waals surface area contributed by atoms with Crippen molar-refractivity contribution in [2.24, 2.45) is 0 Å². The van der Waals surface area contributed by atoms with Crippen LogP contribution in [0.3, 0.4) is 0 Å². The molecule has 2 aromatic heterocycles. The summed E-state index contributed by atoms with van der Waals surface area (Å²) in [6.45, 7) is 3.84. The third-order valence-corrected chi connectivity index (χ3v) is 8.43. The summed E-state index contributed by atoms with van der Waals surface area (Å²) in [6, 6.07) is 11.6. The molecule has 1 aliphatic heterocycles. The lowest BCUT2D eigenvalue weighted by molar-refractivity contribution is 0.0148. The molecule has 1 fully saturated rings. The van der Waals surface area contributed by atoms with Crippen molar-refractivity contribution in [1.82, 2.24) is 10.0 Å². The topological polar surface area (TPSA) is 81.1 Å². The van der Waals surface area contributed by atoms with Crippen LogP contribution in [0.5, 0.6) is 0 Å². The number of carbonyl (C=O) groups excluding carboxylic acids is 1. The van der Waals surface area contributed by atoms with Gasteiger partial charge in [-0.15, -0.1) is 11.3 Å². The van der Waals surface area contributed by atoms with Gasteiger partial charge in [0.15, 0.2) is 0 Å². The quantitative estimate of drug-likeness (QED) is 0.366. The molecule has 9 heteroatoms. The van der Waals surface area contributed by atoms with Gasteiger partial charge in [0.25, 0.3) is 5.24 Å². The summed E-state index contributed by atoms with van der Waals surface area (Å²) in [4.78, 5) is 25.0. The lowest BCUT2D eigenvalue weighted by Crippen LogP contribution is -2.51. The van der Waals surface area contributed by atoms with Gasteiger partial charge in [-0.25, -0.2) is 9.80 Å². The molecular formula is C27H28N2O4S3. The number of carbonyl (C=O) groups is 2. The molecule has 1 aliphatic rings. The van der Waals surface area contributed by atoms with Gasteiger partial charge in [-0.2, -0.15) is 11.3 Å². The molecule has 0 spiro atoms. The van der Waals surface area contributed by atoms with Crippen molar-refractivity contribution in [3.8, 4) is 11.8 Å². The Balaban J connectivity index is 1.33. The van der Waals surface area contributed by atoms with Gasteiger partial charge >= 0.3 is 5.97 Å². The maximum Gasteiger partial charge on any atom is 0.345 e. The van der Waals surface area contributed by atoms with E-state index in [1.54, 1.807) is 22.4 Å². The first kappa shape index (κ1) is 26.5. The molecule has 1 aromatic carbocycles. The normalized spacial score (nSPS) is 14.9. The molecule has 1 amide bonds. The van der Waals surface area contributed by atoms with E-state index >= 15 is 0 Å². The number of aromatic carboxylic acids is 1. The third-order valence-electron chi connectivity index (χ3n) is 5.77. The number of thioether (sulfide) groups is 1. The summed E-state index contributed by atoms with van der Waals surface area (Å²) in [5.41, 5.74) is 4.10. The highest BCUT2D eigenvalue weighted by molar-refractivity contribution is 8.13. The number of carboxylic acid groups (broad SMARTS) is 1. The maximum atomic E-state index is 12.6. The monoisotopic (exact) mass is 540 g/mol. The zero-order chi connectivity index (χ0) is 25.5. The van der Waals surface area contributed by atoms with E-state index in [2.05, 4.69) is 24.0 Å². The van der Waals surface area contributed by atoms with Gasteiger partial charge in [-0.05, 0) is 66.6 Å². The minimum absolute atomic E-state index is 0.00160. The average Bonchev–Trinajstić information content (AvgIpc) is 3.53. The fourth-order valence-corrected chi connectivity index (χ4v) is 6.32. The van der Waals surface area contributed by atoms with Gasteiger partial charge in [-0.1, -0.05) is 29.7 Å². The van der Waals surface area contributed by atoms with Gasteiger partial charge in [0, 0.05) is 53.2 Å². The second-order valence-corrected chi connectivity index (χ2v) is 11.6. The molecule has 6 nitrogen and oxygen atoms in total. The van der Waals surface area contributed by atoms with Crippen LogP contribution in [0.1, 0.15) is 43.2 Å². The van der Waals surface area contributed by atoms with Crippen LogP contribution in [-0.4, -0.2) is 62.9 Å². The average molecular weight is 541 g/mol. The summed E-state index contributed by atoms with van der Waals surface area (Å²) < 4.78 is 0. The first-order chi connectivity index (χ1) is 17.4. The zero-order valence-electron chi connectivity index (χ0n) is 20.0. The number of aliphatic hydroxyl groups excluding tert-OH is 1. The molecule has 188 valence electrons. The molecule has 1 atom stereocenters. The number of thiophene rings is 2. The van der Waals surface area contributed by atoms with E-state index in [1.165, 1.54) is 23.1 Å². The Hall–Kier alpha value is -2.61. The van der Waals surface area contributed by atoms with Crippen LogP contribution in [0.4, 0.5) is 4.79 Å². The minimum atomic E-state index is -0.929. The lowest BCUT2D eigenvalue weighted by atomic mass is 10.0. The highest BCUT2D eigenvalue weighted by Crippen LogP contribution is 2.22. The van der Waals surface area contributed by atoms with E-state index in [-0.39, 0.29) is 5.24 Å². The van der Waals surface area contributed by atoms with E-state index in [9.17, 15) is 14.7 Å². The number of nitrogens with zero attached hydrogens (tertiary/aromatic N) is 2. The van der Waals surface area contributed by atoms with E-state index in [0.29, 0.717) is 37.2 Å². The van der Waals surface area contributed by atoms with Crippen LogP contribution in [0.2, 0.25) is 0 Å². The van der Waals surface area contributed by atoms with E-state index in [0.717, 1.165) is 39.4 Å². The molecule has 4 rings (SSSR count). The van der Waals surface area contributed by atoms with Gasteiger partial charge < -0.3 is 10.2 Å². The van der Waals surface area contributed by atoms with Crippen molar-refractivity contribution in [2.75, 3.05) is 25.4 Å². The van der Waals surface area contributed by atoms with E-state index in [4.69, 9.17) is 5.11 Å². The van der Waals surface area contributed by atoms with Crippen molar-refractivity contribution in [2.45, 2.75) is 32.3 Å². The number of hydrazine groups is 1. The van der Waals surface area contributed by atoms with Crippen LogP contribution in [0, 0.1) is 18.8 Å². The zero-order valence-corrected chi connectivity index (χ0v) is 22.4. The van der Waals surface area contributed by atoms with Gasteiger partial charge in [0.2, 0.25) is 0 Å². The van der Waals surface area contributed by atoms with Gasteiger partial charge in [0.05, 0.1) is 6.10 Å². The van der Waals surface area contributed by atoms with Crippen LogP contribution in [0.15, 0.2) is 47.2 Å². The van der Waals surface area contributed by atoms with E-state index in [1.807, 2.05) is 40.9 Å². The van der Waals surface area contributed by atoms with Crippen LogP contribution in [0.25, 0.3) is 0 Å². The molecule has 36 heavy (non-hydrogen) atoms. The highest BCUT2D eigenvalue weighted by Gasteiger charge is 2.27. The number of hydrogen-bond donors (Lipinski definition) is 2. The smallest absolute Gasteiger partial charge is 0.345 e. The van der Waals surface area contributed by atoms with Crippen molar-refractivity contribution in [3.05, 3.63) is 79.2 Å². The van der Waals surface area contributed by atoms with Crippen molar-refractivity contribution in [1.29, 1.82) is 0 Å². The van der Waals surface area contributed by atoms with Crippen LogP contribution < -0.4 is 0 Å². The molecule has 0 bridgehead atoms. The van der Waals surface area contributed by atoms with Gasteiger partial charge in [0.1, 0.15) is 4.88 Å². The minimum Gasteiger partial charge on any atom is -0.477 e. The molecule has 1 saturated heterocycles. The molecule has 1 unspecified atom stereocenters. The Morgan fingerprint density at radius 2 is 1.97 bits per heavy atom. The number of amides is 1. The second-order valence-electron chi connectivity index (χ2n) is 8.63. The third kappa shape index (κ3) is 7.45. The SMILES string of the molecule is Cc1cc(C#Cc2ccsc2)cc(CC(O)CCN2CCSC(=O)N2CCc2ccc(C(=O)O)s2)c1. The first-order valence-electron chi connectivity index (χ1n) is 11.7. The number of hydrogen-bond acceptors (Lipinski definition) is 7. The Labute approximate surface area is 223 Å². The molecule has 2 N–H and O–H groups in total. The molecule has 3 aromatic rings. The van der Waals surface area contributed by atoms with Crippen molar-refractivity contribution >= 4 is 45.6 Å². The summed E-state index contributed by atoms with van der Waals surface area (Å²) in [5, 5.41) is 27.7. The van der Waals surface area contributed by atoms with Crippen LogP contribution >= 0.6 is 34.4 Å². The Kier molecular flexibility index (Phi) is 9.24. The first-order valence-corrected chi connectivity index (χ1v) is 14.5. The van der Waals surface area contributed by atoms with Gasteiger partial charge in [-0.3, -0.25) is 9.80 Å². The number of aliphatic hydroxyl groups is 1. The number of benzene rings is 1. The molecular weight excluding hydrogens is 513 g/mol. The molecule has 0 radical (unpaired) electrons. The molecule has 3 heterocycles. The summed E-state index contributed by atoms with van der Waals surface area (Å²) in [7, 11) is 0. The van der Waals surface area contributed by atoms with Crippen molar-refractivity contribution in [3.63, 3.8) is 0 Å². The number of carboxylic acids is 1. The standard InChI is InChI=1S/C27H28N2O4S3/c1-19-14-21(3-2-20-8-12-34-18-20)16-22(15-19)17-23(30)6-9-28-11-13-35-27(33)29(28)10-7-24-4-5-25(36-24)26(31)32/h4-5,8,12,14-16,18,23,30H,6-7,9-11,13,17H2,1H3,(H,31,32). The van der Waals surface area contributed by atoms with Crippen LogP contribution in [-0.2, 0) is 12.8 Å². The van der Waals surface area contributed by atoms with E-state index < -0.39 is 12.1 Å². The summed E-state index contributed by atoms with van der Waals surface area (Å²) >= 11 is 4.17. The number of aryl methyl sites for hydroxylation is 1. The fourth-order valence-electron chi connectivity index (χ4n) is 4.06. The second kappa shape index (κ2) is 12.6. The fraction of sp³-hybridized carbons (Fsp3) is 0.333. The molecule has 0 aliphatic carbocycles. The Morgan fingerprint density at radius 3 is 2.72 bits per heavy atom. The largest absolute Gasteiger partial charge is 0.477 e. The summed E-state index contributed by atoms with van der Waals surface area (Å²) in [6.07, 6.45) is 1.13. The van der Waals surface area contributed by atoms with Crippen molar-refractivity contribution < 1.29 is 19.8 Å². The highest BCUT2D eigenvalue weighted by atomic mass is 32.2. The summed E-state index contributed by atoms with van der Waals surface area (Å²) in [5.74, 6) is 6.19. The Bertz CT molecular complexity index is 1260. The lowest BCUT2D eigenvalue weighted by Gasteiger charge is -2.38. The Morgan fingerprint density at radius 1 is 1.14 bits per heavy atom.